The normalized spacial score (nSPS) is 10.4. The van der Waals surface area contributed by atoms with Crippen molar-refractivity contribution in [1.82, 2.24) is 10.4 Å². The van der Waals surface area contributed by atoms with Crippen molar-refractivity contribution in [3.63, 3.8) is 0 Å². The van der Waals surface area contributed by atoms with Gasteiger partial charge in [-0.1, -0.05) is 0 Å². The van der Waals surface area contributed by atoms with E-state index in [1.54, 1.807) is 23.7 Å². The maximum Gasteiger partial charge on any atom is 0.184 e. The zero-order chi connectivity index (χ0) is 8.97. The van der Waals surface area contributed by atoms with E-state index in [2.05, 4.69) is 27.7 Å². The molecule has 0 amide bonds. The second kappa shape index (κ2) is 4.13. The molecule has 12 heavy (non-hydrogen) atoms. The molecule has 1 rings (SSSR count). The first-order valence-electron chi connectivity index (χ1n) is 3.19. The molecule has 0 aliphatic rings. The van der Waals surface area contributed by atoms with E-state index in [0.717, 1.165) is 9.88 Å². The molecular formula is C6H8N4S2. The summed E-state index contributed by atoms with van der Waals surface area (Å²) in [4.78, 5) is 5.02. The molecule has 0 aromatic carbocycles. The zero-order valence-corrected chi connectivity index (χ0v) is 8.08. The minimum atomic E-state index is 0.160. The molecule has 3 N–H and O–H groups in total. The van der Waals surface area contributed by atoms with Gasteiger partial charge in [-0.25, -0.2) is 4.98 Å². The Morgan fingerprint density at radius 2 is 2.67 bits per heavy atom. The van der Waals surface area contributed by atoms with Crippen LogP contribution >= 0.6 is 23.6 Å². The van der Waals surface area contributed by atoms with Gasteiger partial charge in [0.05, 0.1) is 16.1 Å². The lowest BCUT2D eigenvalue weighted by molar-refractivity contribution is 1.04. The standard InChI is InChI=1S/C6H8N4S2/c1-4-8-2-5(12-4)3-9-10-6(7)11/h2-3H,1H3,(H3,7,10,11). The summed E-state index contributed by atoms with van der Waals surface area (Å²) in [6.45, 7) is 1.93. The van der Waals surface area contributed by atoms with Crippen LogP contribution in [0.3, 0.4) is 0 Å². The highest BCUT2D eigenvalue weighted by Gasteiger charge is 1.92. The maximum absolute atomic E-state index is 5.16. The Morgan fingerprint density at radius 3 is 3.17 bits per heavy atom. The summed E-state index contributed by atoms with van der Waals surface area (Å²) in [6.07, 6.45) is 3.37. The number of nitrogens with two attached hydrogens (primary N) is 1. The molecule has 0 atom stereocenters. The van der Waals surface area contributed by atoms with Gasteiger partial charge < -0.3 is 5.73 Å². The molecule has 4 nitrogen and oxygen atoms in total. The summed E-state index contributed by atoms with van der Waals surface area (Å²) < 4.78 is 0. The van der Waals surface area contributed by atoms with Gasteiger partial charge in [-0.3, -0.25) is 5.43 Å². The zero-order valence-electron chi connectivity index (χ0n) is 6.44. The molecule has 0 radical (unpaired) electrons. The number of hydrogen-bond acceptors (Lipinski definition) is 4. The Balaban J connectivity index is 2.52. The minimum absolute atomic E-state index is 0.160. The SMILES string of the molecule is Cc1ncc(C=NNC(N)=S)s1. The van der Waals surface area contributed by atoms with Crippen molar-refractivity contribution < 1.29 is 0 Å². The summed E-state index contributed by atoms with van der Waals surface area (Å²) in [7, 11) is 0. The van der Waals surface area contributed by atoms with Crippen LogP contribution in [0.5, 0.6) is 0 Å². The fourth-order valence-electron chi connectivity index (χ4n) is 0.597. The smallest absolute Gasteiger partial charge is 0.184 e. The van der Waals surface area contributed by atoms with Crippen molar-refractivity contribution in [1.29, 1.82) is 0 Å². The van der Waals surface area contributed by atoms with Crippen molar-refractivity contribution in [2.24, 2.45) is 10.8 Å². The average molecular weight is 200 g/mol. The van der Waals surface area contributed by atoms with Gasteiger partial charge in [-0.05, 0) is 19.1 Å². The Bertz CT molecular complexity index is 304. The van der Waals surface area contributed by atoms with E-state index >= 15 is 0 Å². The van der Waals surface area contributed by atoms with E-state index in [1.165, 1.54) is 0 Å². The molecule has 1 aromatic rings. The first-order valence-corrected chi connectivity index (χ1v) is 4.42. The lowest BCUT2D eigenvalue weighted by Gasteiger charge is -1.90. The van der Waals surface area contributed by atoms with E-state index in [4.69, 9.17) is 5.73 Å². The number of aromatic nitrogens is 1. The molecule has 0 fully saturated rings. The van der Waals surface area contributed by atoms with Crippen LogP contribution in [-0.2, 0) is 0 Å². The summed E-state index contributed by atoms with van der Waals surface area (Å²) in [5, 5.41) is 4.95. The number of aryl methyl sites for hydroxylation is 1. The first-order chi connectivity index (χ1) is 5.68. The third-order valence-electron chi connectivity index (χ3n) is 1.01. The fourth-order valence-corrected chi connectivity index (χ4v) is 1.31. The summed E-state index contributed by atoms with van der Waals surface area (Å²) in [5.74, 6) is 0. The van der Waals surface area contributed by atoms with Gasteiger partial charge in [0.2, 0.25) is 0 Å². The molecule has 1 heterocycles. The molecule has 0 saturated carbocycles. The van der Waals surface area contributed by atoms with Crippen molar-refractivity contribution in [2.45, 2.75) is 6.92 Å². The van der Waals surface area contributed by atoms with E-state index in [0.29, 0.717) is 0 Å². The van der Waals surface area contributed by atoms with Crippen molar-refractivity contribution in [3.8, 4) is 0 Å². The van der Waals surface area contributed by atoms with Gasteiger partial charge >= 0.3 is 0 Å². The van der Waals surface area contributed by atoms with Crippen LogP contribution in [0.2, 0.25) is 0 Å². The summed E-state index contributed by atoms with van der Waals surface area (Å²) >= 11 is 6.11. The highest BCUT2D eigenvalue weighted by molar-refractivity contribution is 7.80. The number of thiocarbonyl (C=S) groups is 1. The minimum Gasteiger partial charge on any atom is -0.375 e. The molecule has 1 aromatic heterocycles. The highest BCUT2D eigenvalue weighted by atomic mass is 32.1. The number of hydrogen-bond donors (Lipinski definition) is 2. The van der Waals surface area contributed by atoms with Gasteiger partial charge in [0.15, 0.2) is 5.11 Å². The Labute approximate surface area is 79.5 Å². The molecule has 0 saturated heterocycles. The second-order valence-corrected chi connectivity index (χ2v) is 3.72. The average Bonchev–Trinajstić information content (AvgIpc) is 2.35. The number of nitrogens with one attached hydrogen (secondary N) is 1. The molecule has 0 aliphatic heterocycles. The van der Waals surface area contributed by atoms with Gasteiger partial charge in [0.1, 0.15) is 0 Å². The highest BCUT2D eigenvalue weighted by Crippen LogP contribution is 2.07. The van der Waals surface area contributed by atoms with E-state index in [-0.39, 0.29) is 5.11 Å². The topological polar surface area (TPSA) is 63.3 Å². The molecule has 0 bridgehead atoms. The van der Waals surface area contributed by atoms with E-state index < -0.39 is 0 Å². The number of nitrogens with zero attached hydrogens (tertiary/aromatic N) is 2. The largest absolute Gasteiger partial charge is 0.375 e. The van der Waals surface area contributed by atoms with Crippen LogP contribution in [0, 0.1) is 6.92 Å². The van der Waals surface area contributed by atoms with Crippen molar-refractivity contribution >= 4 is 34.9 Å². The summed E-state index contributed by atoms with van der Waals surface area (Å²) in [6, 6.07) is 0. The van der Waals surface area contributed by atoms with Crippen LogP contribution in [0.25, 0.3) is 0 Å². The molecule has 0 aliphatic carbocycles. The van der Waals surface area contributed by atoms with Gasteiger partial charge in [0.25, 0.3) is 0 Å². The second-order valence-electron chi connectivity index (χ2n) is 2.02. The lowest BCUT2D eigenvalue weighted by Crippen LogP contribution is -2.23. The monoisotopic (exact) mass is 200 g/mol. The van der Waals surface area contributed by atoms with Gasteiger partial charge in [-0.15, -0.1) is 11.3 Å². The number of rotatable bonds is 2. The van der Waals surface area contributed by atoms with Crippen LogP contribution in [0.15, 0.2) is 11.3 Å². The predicted molar refractivity (Wildman–Crippen MR) is 54.4 cm³/mol. The Hall–Kier alpha value is -1.01. The van der Waals surface area contributed by atoms with Crippen LogP contribution < -0.4 is 11.2 Å². The van der Waals surface area contributed by atoms with Crippen molar-refractivity contribution in [2.75, 3.05) is 0 Å². The van der Waals surface area contributed by atoms with E-state index in [1.807, 2.05) is 6.92 Å². The first kappa shape index (κ1) is 9.08. The van der Waals surface area contributed by atoms with Crippen LogP contribution in [0.1, 0.15) is 9.88 Å². The quantitative estimate of drug-likeness (QED) is 0.417. The Morgan fingerprint density at radius 1 is 1.92 bits per heavy atom. The lowest BCUT2D eigenvalue weighted by atomic mass is 10.6. The van der Waals surface area contributed by atoms with Gasteiger partial charge in [0, 0.05) is 6.20 Å². The number of hydrazone groups is 1. The fraction of sp³-hybridized carbons (Fsp3) is 0.167. The molecule has 0 spiro atoms. The molecule has 6 heteroatoms. The molecule has 0 unspecified atom stereocenters. The predicted octanol–water partition coefficient (Wildman–Crippen LogP) is 0.619. The van der Waals surface area contributed by atoms with Crippen LogP contribution in [-0.4, -0.2) is 16.3 Å². The van der Waals surface area contributed by atoms with Crippen LogP contribution in [0.4, 0.5) is 0 Å². The number of thiazole rings is 1. The summed E-state index contributed by atoms with van der Waals surface area (Å²) in [5.41, 5.74) is 7.62. The van der Waals surface area contributed by atoms with Crippen molar-refractivity contribution in [3.05, 3.63) is 16.1 Å². The Kier molecular flexibility index (Phi) is 3.12. The molecular weight excluding hydrogens is 192 g/mol. The third kappa shape index (κ3) is 2.93. The maximum atomic E-state index is 5.16. The third-order valence-corrected chi connectivity index (χ3v) is 1.94. The molecule has 64 valence electrons. The van der Waals surface area contributed by atoms with E-state index in [9.17, 15) is 0 Å². The van der Waals surface area contributed by atoms with Gasteiger partial charge in [-0.2, -0.15) is 5.10 Å².